The third-order valence-corrected chi connectivity index (χ3v) is 4.05. The lowest BCUT2D eigenvalue weighted by Gasteiger charge is -2.15. The van der Waals surface area contributed by atoms with Crippen LogP contribution in [0.15, 0.2) is 24.3 Å². The van der Waals surface area contributed by atoms with Crippen LogP contribution < -0.4 is 10.1 Å². The van der Waals surface area contributed by atoms with Crippen molar-refractivity contribution in [3.63, 3.8) is 0 Å². The predicted molar refractivity (Wildman–Crippen MR) is 81.6 cm³/mol. The van der Waals surface area contributed by atoms with Crippen LogP contribution in [0.1, 0.15) is 31.2 Å². The molecule has 3 rings (SSSR count). The molecule has 4 heteroatoms. The standard InChI is InChI=1S/C17H25NO3/c1-19-11-13-3-2-4-15(9-13)20-12-17-8-7-16(21-17)10-18-14-5-6-14/h2-4,9,14,16-18H,5-8,10-12H2,1H3. The molecule has 0 radical (unpaired) electrons. The third kappa shape index (κ3) is 4.70. The fourth-order valence-corrected chi connectivity index (χ4v) is 2.72. The molecule has 1 saturated heterocycles. The Labute approximate surface area is 126 Å². The second-order valence-corrected chi connectivity index (χ2v) is 6.03. The number of hydrogen-bond acceptors (Lipinski definition) is 4. The number of nitrogens with one attached hydrogen (secondary N) is 1. The maximum Gasteiger partial charge on any atom is 0.119 e. The summed E-state index contributed by atoms with van der Waals surface area (Å²) < 4.78 is 17.0. The van der Waals surface area contributed by atoms with Crippen molar-refractivity contribution >= 4 is 0 Å². The van der Waals surface area contributed by atoms with Gasteiger partial charge in [-0.25, -0.2) is 0 Å². The molecule has 2 unspecified atom stereocenters. The summed E-state index contributed by atoms with van der Waals surface area (Å²) in [5.74, 6) is 0.896. The molecular weight excluding hydrogens is 266 g/mol. The van der Waals surface area contributed by atoms with Crippen LogP contribution in [0.4, 0.5) is 0 Å². The SMILES string of the molecule is COCc1cccc(OCC2CCC(CNC3CC3)O2)c1. The quantitative estimate of drug-likeness (QED) is 0.799. The normalized spacial score (nSPS) is 25.2. The van der Waals surface area contributed by atoms with E-state index >= 15 is 0 Å². The van der Waals surface area contributed by atoms with Gasteiger partial charge in [-0.15, -0.1) is 0 Å². The number of rotatable bonds is 8. The van der Waals surface area contributed by atoms with Gasteiger partial charge in [0.05, 0.1) is 18.8 Å². The number of benzene rings is 1. The maximum absolute atomic E-state index is 6.03. The summed E-state index contributed by atoms with van der Waals surface area (Å²) in [6, 6.07) is 8.82. The largest absolute Gasteiger partial charge is 0.491 e. The minimum absolute atomic E-state index is 0.224. The highest BCUT2D eigenvalue weighted by molar-refractivity contribution is 5.28. The Morgan fingerprint density at radius 3 is 2.86 bits per heavy atom. The lowest BCUT2D eigenvalue weighted by atomic mass is 10.2. The van der Waals surface area contributed by atoms with Gasteiger partial charge in [-0.3, -0.25) is 0 Å². The molecule has 1 saturated carbocycles. The average molecular weight is 291 g/mol. The summed E-state index contributed by atoms with van der Waals surface area (Å²) >= 11 is 0. The highest BCUT2D eigenvalue weighted by Gasteiger charge is 2.28. The van der Waals surface area contributed by atoms with E-state index in [4.69, 9.17) is 14.2 Å². The summed E-state index contributed by atoms with van der Waals surface area (Å²) in [5, 5.41) is 3.53. The van der Waals surface area contributed by atoms with Crippen molar-refractivity contribution in [3.05, 3.63) is 29.8 Å². The fraction of sp³-hybridized carbons (Fsp3) is 0.647. The van der Waals surface area contributed by atoms with Crippen LogP contribution in [0.5, 0.6) is 5.75 Å². The number of methoxy groups -OCH3 is 1. The van der Waals surface area contributed by atoms with Gasteiger partial charge in [0.15, 0.2) is 0 Å². The maximum atomic E-state index is 6.03. The first-order chi connectivity index (χ1) is 10.3. The van der Waals surface area contributed by atoms with Gasteiger partial charge in [0.25, 0.3) is 0 Å². The average Bonchev–Trinajstić information content (AvgIpc) is 3.22. The Balaban J connectivity index is 1.39. The molecule has 116 valence electrons. The van der Waals surface area contributed by atoms with Gasteiger partial charge in [0, 0.05) is 19.7 Å². The molecule has 0 bridgehead atoms. The van der Waals surface area contributed by atoms with E-state index in [1.54, 1.807) is 7.11 Å². The van der Waals surface area contributed by atoms with E-state index in [1.807, 2.05) is 24.3 Å². The van der Waals surface area contributed by atoms with Crippen molar-refractivity contribution in [1.29, 1.82) is 0 Å². The summed E-state index contributed by atoms with van der Waals surface area (Å²) in [4.78, 5) is 0. The van der Waals surface area contributed by atoms with Crippen LogP contribution in [-0.4, -0.2) is 38.5 Å². The van der Waals surface area contributed by atoms with E-state index in [0.717, 1.165) is 36.7 Å². The number of hydrogen-bond donors (Lipinski definition) is 1. The second kappa shape index (κ2) is 7.25. The van der Waals surface area contributed by atoms with Crippen molar-refractivity contribution in [2.24, 2.45) is 0 Å². The third-order valence-electron chi connectivity index (χ3n) is 4.05. The van der Waals surface area contributed by atoms with Gasteiger partial charge < -0.3 is 19.5 Å². The van der Waals surface area contributed by atoms with E-state index in [0.29, 0.717) is 19.3 Å². The first-order valence-electron chi connectivity index (χ1n) is 7.93. The van der Waals surface area contributed by atoms with E-state index in [-0.39, 0.29) is 6.10 Å². The molecule has 0 amide bonds. The molecule has 1 aliphatic carbocycles. The van der Waals surface area contributed by atoms with E-state index < -0.39 is 0 Å². The molecule has 2 aliphatic rings. The van der Waals surface area contributed by atoms with Crippen LogP contribution in [0, 0.1) is 0 Å². The van der Waals surface area contributed by atoms with Gasteiger partial charge >= 0.3 is 0 Å². The zero-order valence-corrected chi connectivity index (χ0v) is 12.7. The highest BCUT2D eigenvalue weighted by atomic mass is 16.5. The first kappa shape index (κ1) is 14.8. The first-order valence-corrected chi connectivity index (χ1v) is 7.93. The molecule has 1 aromatic carbocycles. The summed E-state index contributed by atoms with van der Waals surface area (Å²) in [6.45, 7) is 2.24. The lowest BCUT2D eigenvalue weighted by molar-refractivity contribution is 0.0184. The summed E-state index contributed by atoms with van der Waals surface area (Å²) in [5.41, 5.74) is 1.13. The molecular formula is C17H25NO3. The minimum atomic E-state index is 0.224. The van der Waals surface area contributed by atoms with Crippen molar-refractivity contribution in [3.8, 4) is 5.75 Å². The Morgan fingerprint density at radius 1 is 1.19 bits per heavy atom. The van der Waals surface area contributed by atoms with Gasteiger partial charge in [-0.05, 0) is 43.4 Å². The van der Waals surface area contributed by atoms with Crippen LogP contribution in [0.3, 0.4) is 0 Å². The molecule has 0 spiro atoms. The van der Waals surface area contributed by atoms with Gasteiger partial charge in [0.2, 0.25) is 0 Å². The molecule has 2 fully saturated rings. The molecule has 1 N–H and O–H groups in total. The predicted octanol–water partition coefficient (Wildman–Crippen LogP) is 2.51. The Hall–Kier alpha value is -1.10. The highest BCUT2D eigenvalue weighted by Crippen LogP contribution is 2.23. The van der Waals surface area contributed by atoms with Gasteiger partial charge in [-0.1, -0.05) is 12.1 Å². The van der Waals surface area contributed by atoms with Crippen LogP contribution in [0.2, 0.25) is 0 Å². The van der Waals surface area contributed by atoms with Crippen molar-refractivity contribution in [2.75, 3.05) is 20.3 Å². The van der Waals surface area contributed by atoms with Crippen LogP contribution in [0.25, 0.3) is 0 Å². The van der Waals surface area contributed by atoms with Crippen molar-refractivity contribution in [1.82, 2.24) is 5.32 Å². The van der Waals surface area contributed by atoms with E-state index in [1.165, 1.54) is 12.8 Å². The molecule has 0 aromatic heterocycles. The molecule has 1 aliphatic heterocycles. The van der Waals surface area contributed by atoms with Gasteiger partial charge in [0.1, 0.15) is 12.4 Å². The zero-order valence-electron chi connectivity index (χ0n) is 12.7. The summed E-state index contributed by atoms with van der Waals surface area (Å²) in [6.07, 6.45) is 5.47. The van der Waals surface area contributed by atoms with E-state index in [2.05, 4.69) is 5.32 Å². The van der Waals surface area contributed by atoms with Gasteiger partial charge in [-0.2, -0.15) is 0 Å². The van der Waals surface area contributed by atoms with Crippen LogP contribution in [-0.2, 0) is 16.1 Å². The Bertz CT molecular complexity index is 447. The lowest BCUT2D eigenvalue weighted by Crippen LogP contribution is -2.29. The van der Waals surface area contributed by atoms with Crippen LogP contribution >= 0.6 is 0 Å². The second-order valence-electron chi connectivity index (χ2n) is 6.03. The Kier molecular flexibility index (Phi) is 5.12. The fourth-order valence-electron chi connectivity index (χ4n) is 2.72. The molecule has 21 heavy (non-hydrogen) atoms. The summed E-state index contributed by atoms with van der Waals surface area (Å²) in [7, 11) is 1.70. The van der Waals surface area contributed by atoms with E-state index in [9.17, 15) is 0 Å². The molecule has 4 nitrogen and oxygen atoms in total. The van der Waals surface area contributed by atoms with Crippen molar-refractivity contribution < 1.29 is 14.2 Å². The Morgan fingerprint density at radius 2 is 2.05 bits per heavy atom. The monoisotopic (exact) mass is 291 g/mol. The zero-order chi connectivity index (χ0) is 14.5. The topological polar surface area (TPSA) is 39.7 Å². The number of ether oxygens (including phenoxy) is 3. The molecule has 2 atom stereocenters. The molecule has 1 heterocycles. The minimum Gasteiger partial charge on any atom is -0.491 e. The smallest absolute Gasteiger partial charge is 0.119 e. The molecule has 1 aromatic rings. The van der Waals surface area contributed by atoms with Crippen molar-refractivity contribution in [2.45, 2.75) is 50.5 Å².